The van der Waals surface area contributed by atoms with E-state index in [1.165, 1.54) is 4.90 Å². The van der Waals surface area contributed by atoms with Crippen LogP contribution in [0, 0.1) is 0 Å². The number of rotatable bonds is 15. The van der Waals surface area contributed by atoms with E-state index in [1.807, 2.05) is 50.2 Å². The van der Waals surface area contributed by atoms with Crippen LogP contribution < -0.4 is 0 Å². The molecule has 0 bridgehead atoms. The summed E-state index contributed by atoms with van der Waals surface area (Å²) in [4.78, 5) is 56.5. The predicted molar refractivity (Wildman–Crippen MR) is 191 cm³/mol. The molecule has 0 spiro atoms. The molecule has 0 saturated heterocycles. The molecule has 7 nitrogen and oxygen atoms in total. The second-order valence-corrected chi connectivity index (χ2v) is 13.0. The molecule has 5 aromatic rings. The van der Waals surface area contributed by atoms with E-state index in [4.69, 9.17) is 9.47 Å². The molecule has 0 aromatic heterocycles. The number of nitrogens with zero attached hydrogens (tertiary/aromatic N) is 1. The fourth-order valence-electron chi connectivity index (χ4n) is 7.47. The second kappa shape index (κ2) is 14.3. The predicted octanol–water partition coefficient (Wildman–Crippen LogP) is 10.00. The molecule has 0 unspecified atom stereocenters. The number of hydrogen-bond donors (Lipinski definition) is 0. The lowest BCUT2D eigenvalue weighted by atomic mass is 9.83. The molecule has 250 valence electrons. The van der Waals surface area contributed by atoms with Gasteiger partial charge in [0, 0.05) is 27.9 Å². The number of imide groups is 1. The summed E-state index contributed by atoms with van der Waals surface area (Å²) >= 11 is 0. The second-order valence-electron chi connectivity index (χ2n) is 13.0. The standard InChI is InChI=1S/C41H45NO6/c1-5-9-11-13-23-47-40(45)32-21-17-28-26-15-19-30-36-31(39(44)42(38(30)43)25(7-3)8-4)20-16-27(34(26)36)29-18-22-33(37(32)35(28)29)41(46)48-24-14-12-10-6-2/h15-22,25H,5-14,23-24H2,1-4H3. The van der Waals surface area contributed by atoms with Crippen LogP contribution in [0.15, 0.2) is 48.5 Å². The Kier molecular flexibility index (Phi) is 9.95. The third kappa shape index (κ3) is 5.67. The van der Waals surface area contributed by atoms with Gasteiger partial charge in [-0.25, -0.2) is 9.59 Å². The monoisotopic (exact) mass is 647 g/mol. The lowest BCUT2D eigenvalue weighted by Crippen LogP contribution is -2.46. The minimum Gasteiger partial charge on any atom is -0.462 e. The summed E-state index contributed by atoms with van der Waals surface area (Å²) in [6.07, 6.45) is 9.21. The molecule has 1 aliphatic rings. The summed E-state index contributed by atoms with van der Waals surface area (Å²) in [6, 6.07) is 14.6. The Labute approximate surface area is 281 Å². The Balaban J connectivity index is 1.55. The number of esters is 2. The van der Waals surface area contributed by atoms with Crippen LogP contribution in [0.1, 0.15) is 133 Å². The number of unbranched alkanes of at least 4 members (excludes halogenated alkanes) is 6. The Hall–Kier alpha value is -4.52. The fourth-order valence-corrected chi connectivity index (χ4v) is 7.47. The van der Waals surface area contributed by atoms with Crippen LogP contribution in [0.25, 0.3) is 43.1 Å². The number of amides is 2. The van der Waals surface area contributed by atoms with Crippen molar-refractivity contribution in [1.82, 2.24) is 4.90 Å². The van der Waals surface area contributed by atoms with Gasteiger partial charge in [0.05, 0.1) is 24.3 Å². The number of benzene rings is 5. The first-order valence-corrected chi connectivity index (χ1v) is 17.8. The van der Waals surface area contributed by atoms with Gasteiger partial charge >= 0.3 is 11.9 Å². The first kappa shape index (κ1) is 33.4. The quantitative estimate of drug-likeness (QED) is 0.0369. The average Bonchev–Trinajstić information content (AvgIpc) is 3.10. The zero-order valence-corrected chi connectivity index (χ0v) is 28.6. The summed E-state index contributed by atoms with van der Waals surface area (Å²) in [5.41, 5.74) is 1.68. The van der Waals surface area contributed by atoms with Crippen molar-refractivity contribution >= 4 is 66.8 Å². The molecule has 1 heterocycles. The van der Waals surface area contributed by atoms with Crippen molar-refractivity contribution in [3.8, 4) is 0 Å². The maximum atomic E-state index is 13.9. The third-order valence-electron chi connectivity index (χ3n) is 10.0. The maximum Gasteiger partial charge on any atom is 0.338 e. The van der Waals surface area contributed by atoms with E-state index in [1.54, 1.807) is 12.1 Å². The summed E-state index contributed by atoms with van der Waals surface area (Å²) < 4.78 is 11.5. The highest BCUT2D eigenvalue weighted by atomic mass is 16.5. The van der Waals surface area contributed by atoms with Crippen LogP contribution in [0.3, 0.4) is 0 Å². The normalized spacial score (nSPS) is 13.1. The largest absolute Gasteiger partial charge is 0.462 e. The van der Waals surface area contributed by atoms with E-state index in [0.29, 0.717) is 59.1 Å². The molecular formula is C41H45NO6. The van der Waals surface area contributed by atoms with Crippen LogP contribution in [0.2, 0.25) is 0 Å². The number of ether oxygens (including phenoxy) is 2. The van der Waals surface area contributed by atoms with Gasteiger partial charge in [0.2, 0.25) is 0 Å². The molecule has 2 amide bonds. The molecule has 5 aromatic carbocycles. The highest BCUT2D eigenvalue weighted by molar-refractivity contribution is 6.39. The zero-order valence-electron chi connectivity index (χ0n) is 28.6. The lowest BCUT2D eigenvalue weighted by molar-refractivity contribution is 0.0493. The zero-order chi connectivity index (χ0) is 33.9. The van der Waals surface area contributed by atoms with E-state index in [2.05, 4.69) is 13.8 Å². The number of carbonyl (C=O) groups excluding carboxylic acids is 4. The highest BCUT2D eigenvalue weighted by Gasteiger charge is 2.37. The first-order valence-electron chi connectivity index (χ1n) is 17.8. The van der Waals surface area contributed by atoms with Crippen molar-refractivity contribution in [3.05, 3.63) is 70.8 Å². The molecule has 0 radical (unpaired) electrons. The van der Waals surface area contributed by atoms with E-state index in [-0.39, 0.29) is 17.9 Å². The molecule has 0 atom stereocenters. The summed E-state index contributed by atoms with van der Waals surface area (Å²) in [5, 5.41) is 6.13. The summed E-state index contributed by atoms with van der Waals surface area (Å²) in [5.74, 6) is -1.48. The first-order chi connectivity index (χ1) is 23.4. The van der Waals surface area contributed by atoms with Crippen molar-refractivity contribution in [1.29, 1.82) is 0 Å². The van der Waals surface area contributed by atoms with Gasteiger partial charge in [0.1, 0.15) is 0 Å². The van der Waals surface area contributed by atoms with Crippen LogP contribution >= 0.6 is 0 Å². The van der Waals surface area contributed by atoms with Crippen molar-refractivity contribution in [2.24, 2.45) is 0 Å². The van der Waals surface area contributed by atoms with Gasteiger partial charge < -0.3 is 9.47 Å². The Morgan fingerprint density at radius 1 is 0.542 bits per heavy atom. The van der Waals surface area contributed by atoms with E-state index < -0.39 is 11.9 Å². The van der Waals surface area contributed by atoms with Gasteiger partial charge in [0.15, 0.2) is 0 Å². The van der Waals surface area contributed by atoms with Crippen LogP contribution in [-0.4, -0.2) is 47.9 Å². The van der Waals surface area contributed by atoms with Gasteiger partial charge in [-0.2, -0.15) is 0 Å². The minimum atomic E-state index is -0.471. The highest BCUT2D eigenvalue weighted by Crippen LogP contribution is 2.45. The number of fused-ring (bicyclic) bond motifs is 2. The van der Waals surface area contributed by atoms with E-state index in [0.717, 1.165) is 83.7 Å². The Bertz CT molecular complexity index is 1890. The van der Waals surface area contributed by atoms with Crippen LogP contribution in [0.4, 0.5) is 0 Å². The molecule has 1 aliphatic heterocycles. The molecule has 48 heavy (non-hydrogen) atoms. The summed E-state index contributed by atoms with van der Waals surface area (Å²) in [6.45, 7) is 8.88. The van der Waals surface area contributed by atoms with Crippen LogP contribution in [0.5, 0.6) is 0 Å². The Morgan fingerprint density at radius 3 is 1.38 bits per heavy atom. The van der Waals surface area contributed by atoms with Gasteiger partial charge in [0.25, 0.3) is 11.8 Å². The molecule has 6 rings (SSSR count). The number of carbonyl (C=O) groups is 4. The fraction of sp³-hybridized carbons (Fsp3) is 0.415. The smallest absolute Gasteiger partial charge is 0.338 e. The molecule has 0 aliphatic carbocycles. The maximum absolute atomic E-state index is 13.9. The molecule has 7 heteroatoms. The molecule has 0 fully saturated rings. The lowest BCUT2D eigenvalue weighted by Gasteiger charge is -2.33. The van der Waals surface area contributed by atoms with Crippen molar-refractivity contribution < 1.29 is 28.7 Å². The van der Waals surface area contributed by atoms with Gasteiger partial charge in [-0.05, 0) is 82.3 Å². The Morgan fingerprint density at radius 2 is 0.958 bits per heavy atom. The molecular weight excluding hydrogens is 602 g/mol. The van der Waals surface area contributed by atoms with Crippen molar-refractivity contribution in [2.75, 3.05) is 13.2 Å². The van der Waals surface area contributed by atoms with E-state index >= 15 is 0 Å². The molecule has 0 saturated carbocycles. The van der Waals surface area contributed by atoms with Crippen molar-refractivity contribution in [3.63, 3.8) is 0 Å². The topological polar surface area (TPSA) is 90.0 Å². The van der Waals surface area contributed by atoms with E-state index in [9.17, 15) is 19.2 Å². The third-order valence-corrected chi connectivity index (χ3v) is 10.0. The summed E-state index contributed by atoms with van der Waals surface area (Å²) in [7, 11) is 0. The van der Waals surface area contributed by atoms with Gasteiger partial charge in [-0.1, -0.05) is 90.5 Å². The molecule has 0 N–H and O–H groups in total. The van der Waals surface area contributed by atoms with Gasteiger partial charge in [-0.15, -0.1) is 0 Å². The SMILES string of the molecule is CCCCCCOC(=O)c1ccc2c3ccc4c5c(ccc(c6ccc(C(=O)OCCCCCC)c1c26)c53)C(=O)N(C(CC)CC)C4=O. The van der Waals surface area contributed by atoms with Gasteiger partial charge in [-0.3, -0.25) is 14.5 Å². The van der Waals surface area contributed by atoms with Crippen LogP contribution in [-0.2, 0) is 9.47 Å². The average molecular weight is 648 g/mol. The van der Waals surface area contributed by atoms with Crippen molar-refractivity contribution in [2.45, 2.75) is 97.9 Å². The number of hydrogen-bond acceptors (Lipinski definition) is 6. The minimum absolute atomic E-state index is 0.176.